The van der Waals surface area contributed by atoms with Gasteiger partial charge in [-0.25, -0.2) is 4.98 Å². The highest BCUT2D eigenvalue weighted by Crippen LogP contribution is 2.30. The minimum Gasteiger partial charge on any atom is -0.440 e. The van der Waals surface area contributed by atoms with Crippen LogP contribution in [0.3, 0.4) is 0 Å². The van der Waals surface area contributed by atoms with Gasteiger partial charge in [-0.05, 0) is 18.9 Å². The number of aromatic nitrogens is 1. The Morgan fingerprint density at radius 3 is 2.83 bits per heavy atom. The summed E-state index contributed by atoms with van der Waals surface area (Å²) < 4.78 is 11.1. The molecule has 0 amide bonds. The van der Waals surface area contributed by atoms with Crippen molar-refractivity contribution in [1.82, 2.24) is 4.98 Å². The molecule has 0 aliphatic carbocycles. The van der Waals surface area contributed by atoms with E-state index < -0.39 is 0 Å². The molecule has 0 radical (unpaired) electrons. The van der Waals surface area contributed by atoms with E-state index in [0.29, 0.717) is 28.3 Å². The van der Waals surface area contributed by atoms with Crippen LogP contribution in [0.2, 0.25) is 0 Å². The van der Waals surface area contributed by atoms with Crippen LogP contribution in [-0.4, -0.2) is 18.2 Å². The Morgan fingerprint density at radius 1 is 1.33 bits per heavy atom. The maximum absolute atomic E-state index is 8.93. The average molecular weight is 243 g/mol. The summed E-state index contributed by atoms with van der Waals surface area (Å²) in [6.07, 6.45) is 1.85. The third-order valence-electron chi connectivity index (χ3n) is 3.27. The van der Waals surface area contributed by atoms with Gasteiger partial charge in [0.2, 0.25) is 0 Å². The first-order valence-corrected chi connectivity index (χ1v) is 5.95. The van der Waals surface area contributed by atoms with Crippen LogP contribution < -0.4 is 5.73 Å². The van der Waals surface area contributed by atoms with Crippen LogP contribution in [0.25, 0.3) is 11.1 Å². The third-order valence-corrected chi connectivity index (χ3v) is 3.27. The quantitative estimate of drug-likeness (QED) is 0.776. The molecule has 0 atom stereocenters. The maximum atomic E-state index is 8.93. The summed E-state index contributed by atoms with van der Waals surface area (Å²) in [5.74, 6) is 1.03. The van der Waals surface area contributed by atoms with E-state index in [2.05, 4.69) is 4.98 Å². The van der Waals surface area contributed by atoms with Gasteiger partial charge < -0.3 is 14.9 Å². The number of benzene rings is 1. The number of nitriles is 1. The van der Waals surface area contributed by atoms with Crippen molar-refractivity contribution in [2.75, 3.05) is 18.9 Å². The van der Waals surface area contributed by atoms with Crippen molar-refractivity contribution in [3.8, 4) is 6.07 Å². The van der Waals surface area contributed by atoms with Crippen molar-refractivity contribution >= 4 is 16.8 Å². The fourth-order valence-corrected chi connectivity index (χ4v) is 2.22. The fraction of sp³-hybridized carbons (Fsp3) is 0.385. The molecule has 0 saturated carbocycles. The monoisotopic (exact) mass is 243 g/mol. The zero-order valence-corrected chi connectivity index (χ0v) is 9.85. The van der Waals surface area contributed by atoms with Crippen LogP contribution in [0.15, 0.2) is 16.5 Å². The number of hydrogen-bond donors (Lipinski definition) is 1. The molecule has 92 valence electrons. The highest BCUT2D eigenvalue weighted by molar-refractivity contribution is 5.80. The lowest BCUT2D eigenvalue weighted by Gasteiger charge is -2.18. The zero-order valence-electron chi connectivity index (χ0n) is 9.85. The molecular formula is C13H13N3O2. The maximum Gasteiger partial charge on any atom is 0.198 e. The molecule has 18 heavy (non-hydrogen) atoms. The molecule has 1 aliphatic rings. The zero-order chi connectivity index (χ0) is 12.5. The molecule has 1 aromatic carbocycles. The predicted octanol–water partition coefficient (Wildman–Crippen LogP) is 2.18. The van der Waals surface area contributed by atoms with Gasteiger partial charge in [-0.15, -0.1) is 0 Å². The van der Waals surface area contributed by atoms with Crippen LogP contribution in [0.5, 0.6) is 0 Å². The first kappa shape index (κ1) is 11.1. The number of nitrogens with zero attached hydrogens (tertiary/aromatic N) is 2. The van der Waals surface area contributed by atoms with Crippen LogP contribution in [0.1, 0.15) is 30.2 Å². The van der Waals surface area contributed by atoms with Gasteiger partial charge in [-0.3, -0.25) is 0 Å². The molecule has 3 rings (SSSR count). The Morgan fingerprint density at radius 2 is 2.11 bits per heavy atom. The molecular weight excluding hydrogens is 230 g/mol. The molecule has 2 N–H and O–H groups in total. The minimum absolute atomic E-state index is 0.304. The van der Waals surface area contributed by atoms with E-state index >= 15 is 0 Å². The number of ether oxygens (including phenoxy) is 1. The van der Waals surface area contributed by atoms with Gasteiger partial charge in [0, 0.05) is 25.2 Å². The lowest BCUT2D eigenvalue weighted by molar-refractivity contribution is 0.0798. The van der Waals surface area contributed by atoms with Crippen LogP contribution in [0.4, 0.5) is 5.69 Å². The van der Waals surface area contributed by atoms with E-state index in [1.165, 1.54) is 0 Å². The Bertz CT molecular complexity index is 621. The normalized spacial score (nSPS) is 16.8. The lowest BCUT2D eigenvalue weighted by atomic mass is 10.0. The third kappa shape index (κ3) is 1.81. The standard InChI is InChI=1S/C13H13N3O2/c14-7-9-5-11-12(6-10(9)15)18-13(16-11)8-1-3-17-4-2-8/h5-6,8H,1-4,15H2. The van der Waals surface area contributed by atoms with Gasteiger partial charge in [0.25, 0.3) is 0 Å². The number of rotatable bonds is 1. The summed E-state index contributed by atoms with van der Waals surface area (Å²) in [5.41, 5.74) is 7.97. The molecule has 0 spiro atoms. The number of nitrogen functional groups attached to an aromatic ring is 1. The lowest BCUT2D eigenvalue weighted by Crippen LogP contribution is -2.14. The summed E-state index contributed by atoms with van der Waals surface area (Å²) in [4.78, 5) is 4.46. The van der Waals surface area contributed by atoms with Gasteiger partial charge in [0.15, 0.2) is 11.5 Å². The highest BCUT2D eigenvalue weighted by Gasteiger charge is 2.21. The Hall–Kier alpha value is -2.06. The second-order valence-corrected chi connectivity index (χ2v) is 4.46. The molecule has 0 bridgehead atoms. The van der Waals surface area contributed by atoms with E-state index in [1.807, 2.05) is 6.07 Å². The molecule has 0 unspecified atom stereocenters. The molecule has 5 heteroatoms. The second kappa shape index (κ2) is 4.31. The van der Waals surface area contributed by atoms with Crippen molar-refractivity contribution < 1.29 is 9.15 Å². The number of fused-ring (bicyclic) bond motifs is 1. The number of oxazole rings is 1. The van der Waals surface area contributed by atoms with Gasteiger partial charge in [0.1, 0.15) is 11.6 Å². The molecule has 1 fully saturated rings. The van der Waals surface area contributed by atoms with Crippen molar-refractivity contribution in [1.29, 1.82) is 5.26 Å². The van der Waals surface area contributed by atoms with Gasteiger partial charge in [-0.1, -0.05) is 0 Å². The average Bonchev–Trinajstić information content (AvgIpc) is 2.81. The van der Waals surface area contributed by atoms with Gasteiger partial charge >= 0.3 is 0 Å². The van der Waals surface area contributed by atoms with Crippen molar-refractivity contribution in [2.24, 2.45) is 0 Å². The van der Waals surface area contributed by atoms with Crippen molar-refractivity contribution in [2.45, 2.75) is 18.8 Å². The number of nitrogens with two attached hydrogens (primary N) is 1. The summed E-state index contributed by atoms with van der Waals surface area (Å²) >= 11 is 0. The summed E-state index contributed by atoms with van der Waals surface area (Å²) in [6, 6.07) is 5.40. The largest absolute Gasteiger partial charge is 0.440 e. The van der Waals surface area contributed by atoms with Gasteiger partial charge in [-0.2, -0.15) is 5.26 Å². The smallest absolute Gasteiger partial charge is 0.198 e. The van der Waals surface area contributed by atoms with Crippen LogP contribution >= 0.6 is 0 Å². The van der Waals surface area contributed by atoms with E-state index in [1.54, 1.807) is 12.1 Å². The van der Waals surface area contributed by atoms with Crippen molar-refractivity contribution in [3.63, 3.8) is 0 Å². The Kier molecular flexibility index (Phi) is 2.65. The molecule has 1 aliphatic heterocycles. The van der Waals surface area contributed by atoms with E-state index in [0.717, 1.165) is 31.9 Å². The molecule has 5 nitrogen and oxygen atoms in total. The number of hydrogen-bond acceptors (Lipinski definition) is 5. The SMILES string of the molecule is N#Cc1cc2nc(C3CCOCC3)oc2cc1N. The fourth-order valence-electron chi connectivity index (χ4n) is 2.22. The second-order valence-electron chi connectivity index (χ2n) is 4.46. The van der Waals surface area contributed by atoms with Crippen LogP contribution in [0, 0.1) is 11.3 Å². The predicted molar refractivity (Wildman–Crippen MR) is 65.9 cm³/mol. The molecule has 2 aromatic rings. The summed E-state index contributed by atoms with van der Waals surface area (Å²) in [6.45, 7) is 1.49. The van der Waals surface area contributed by atoms with E-state index in [4.69, 9.17) is 20.1 Å². The topological polar surface area (TPSA) is 85.1 Å². The molecule has 2 heterocycles. The minimum atomic E-state index is 0.304. The molecule has 1 aromatic heterocycles. The Balaban J connectivity index is 2.03. The highest BCUT2D eigenvalue weighted by atomic mass is 16.5. The van der Waals surface area contributed by atoms with Gasteiger partial charge in [0.05, 0.1) is 11.3 Å². The summed E-state index contributed by atoms with van der Waals surface area (Å²) in [5, 5.41) is 8.93. The first-order chi connectivity index (χ1) is 8.78. The summed E-state index contributed by atoms with van der Waals surface area (Å²) in [7, 11) is 0. The van der Waals surface area contributed by atoms with Crippen LogP contribution in [-0.2, 0) is 4.74 Å². The number of anilines is 1. The first-order valence-electron chi connectivity index (χ1n) is 5.95. The van der Waals surface area contributed by atoms with Crippen molar-refractivity contribution in [3.05, 3.63) is 23.6 Å². The van der Waals surface area contributed by atoms with E-state index in [-0.39, 0.29) is 0 Å². The molecule has 1 saturated heterocycles. The van der Waals surface area contributed by atoms with E-state index in [9.17, 15) is 0 Å². The Labute approximate surface area is 104 Å².